The number of imidazole rings is 1. The Labute approximate surface area is 156 Å². The van der Waals surface area contributed by atoms with E-state index in [-0.39, 0.29) is 16.9 Å². The van der Waals surface area contributed by atoms with Crippen LogP contribution in [-0.4, -0.2) is 38.7 Å². The Hall–Kier alpha value is -3.76. The molecule has 0 atom stereocenters. The van der Waals surface area contributed by atoms with E-state index < -0.39 is 23.6 Å². The van der Waals surface area contributed by atoms with E-state index in [4.69, 9.17) is 0 Å². The summed E-state index contributed by atoms with van der Waals surface area (Å²) in [5.41, 5.74) is -1.77. The normalized spacial score (nSPS) is 11.1. The third-order valence-electron chi connectivity index (χ3n) is 3.65. The molecule has 2 aromatic heterocycles. The van der Waals surface area contributed by atoms with Gasteiger partial charge in [0, 0.05) is 12.4 Å². The van der Waals surface area contributed by atoms with Gasteiger partial charge in [0.2, 0.25) is 0 Å². The zero-order valence-corrected chi connectivity index (χ0v) is 14.3. The first-order chi connectivity index (χ1) is 13.3. The molecule has 0 aliphatic heterocycles. The van der Waals surface area contributed by atoms with E-state index in [2.05, 4.69) is 25.2 Å². The minimum absolute atomic E-state index is 0.155. The summed E-state index contributed by atoms with van der Waals surface area (Å²) in [6.07, 6.45) is -0.0191. The fraction of sp³-hybridized carbons (Fsp3) is 0.118. The number of nitrogens with one attached hydrogen (secondary N) is 1. The Morgan fingerprint density at radius 3 is 2.50 bits per heavy atom. The van der Waals surface area contributed by atoms with Gasteiger partial charge in [-0.25, -0.2) is 9.78 Å². The number of carbonyl (C=O) groups is 2. The molecule has 0 saturated heterocycles. The lowest BCUT2D eigenvalue weighted by molar-refractivity contribution is -0.137. The van der Waals surface area contributed by atoms with Crippen LogP contribution in [0, 0.1) is 0 Å². The highest BCUT2D eigenvalue weighted by Gasteiger charge is 2.32. The molecule has 0 saturated carbocycles. The second-order valence-corrected chi connectivity index (χ2v) is 5.45. The van der Waals surface area contributed by atoms with Crippen LogP contribution < -0.4 is 5.32 Å². The summed E-state index contributed by atoms with van der Waals surface area (Å²) in [5, 5.41) is 9.85. The van der Waals surface area contributed by atoms with Crippen LogP contribution in [0.3, 0.4) is 0 Å². The summed E-state index contributed by atoms with van der Waals surface area (Å²) in [6.45, 7) is 0. The van der Waals surface area contributed by atoms with Gasteiger partial charge < -0.3 is 10.1 Å². The number of esters is 1. The van der Waals surface area contributed by atoms with Crippen LogP contribution in [0.25, 0.3) is 5.82 Å². The van der Waals surface area contributed by atoms with Gasteiger partial charge in [-0.15, -0.1) is 10.2 Å². The number of halogens is 3. The number of aromatic nitrogens is 4. The van der Waals surface area contributed by atoms with E-state index in [1.165, 1.54) is 24.7 Å². The molecule has 1 amide bonds. The average molecular weight is 391 g/mol. The highest BCUT2D eigenvalue weighted by molar-refractivity contribution is 6.07. The van der Waals surface area contributed by atoms with Crippen LogP contribution in [0.15, 0.2) is 49.1 Å². The molecule has 8 nitrogen and oxygen atoms in total. The van der Waals surface area contributed by atoms with Crippen molar-refractivity contribution < 1.29 is 27.5 Å². The minimum atomic E-state index is -4.65. The van der Waals surface area contributed by atoms with E-state index in [0.717, 1.165) is 19.2 Å². The first-order valence-electron chi connectivity index (χ1n) is 7.72. The molecular weight excluding hydrogens is 379 g/mol. The lowest BCUT2D eigenvalue weighted by Crippen LogP contribution is -2.18. The van der Waals surface area contributed by atoms with Crippen LogP contribution >= 0.6 is 0 Å². The van der Waals surface area contributed by atoms with Crippen molar-refractivity contribution in [2.24, 2.45) is 0 Å². The Kier molecular flexibility index (Phi) is 5.07. The number of amides is 1. The molecular formula is C17H12F3N5O3. The van der Waals surface area contributed by atoms with Crippen molar-refractivity contribution in [3.05, 3.63) is 65.9 Å². The van der Waals surface area contributed by atoms with Crippen LogP contribution in [0.4, 0.5) is 18.9 Å². The number of ether oxygens (including phenoxy) is 1. The van der Waals surface area contributed by atoms with Gasteiger partial charge in [0.1, 0.15) is 6.33 Å². The molecule has 28 heavy (non-hydrogen) atoms. The van der Waals surface area contributed by atoms with Gasteiger partial charge in [-0.3, -0.25) is 9.36 Å². The predicted molar refractivity (Wildman–Crippen MR) is 89.9 cm³/mol. The standard InChI is InChI=1S/C17H12F3N5O3/c1-28-16(27)11-3-2-10(17(18,19)20)8-13(11)22-15(26)12-4-5-14(24-23-12)25-7-6-21-9-25/h2-9H,1H3,(H,22,26). The number of anilines is 1. The lowest BCUT2D eigenvalue weighted by Gasteiger charge is -2.13. The van der Waals surface area contributed by atoms with Gasteiger partial charge in [-0.2, -0.15) is 13.2 Å². The zero-order chi connectivity index (χ0) is 20.3. The number of nitrogens with zero attached hydrogens (tertiary/aromatic N) is 4. The number of rotatable bonds is 4. The fourth-order valence-corrected chi connectivity index (χ4v) is 2.28. The molecule has 3 aromatic rings. The SMILES string of the molecule is COC(=O)c1ccc(C(F)(F)F)cc1NC(=O)c1ccc(-n2ccnc2)nn1. The highest BCUT2D eigenvalue weighted by Crippen LogP contribution is 2.32. The molecule has 0 aliphatic rings. The topological polar surface area (TPSA) is 99.0 Å². The van der Waals surface area contributed by atoms with Crippen molar-refractivity contribution in [2.45, 2.75) is 6.18 Å². The van der Waals surface area contributed by atoms with E-state index >= 15 is 0 Å². The quantitative estimate of drug-likeness (QED) is 0.687. The van der Waals surface area contributed by atoms with Crippen LogP contribution in [0.2, 0.25) is 0 Å². The summed E-state index contributed by atoms with van der Waals surface area (Å²) < 4.78 is 45.0. The lowest BCUT2D eigenvalue weighted by atomic mass is 10.1. The number of hydrogen-bond acceptors (Lipinski definition) is 6. The molecule has 0 bridgehead atoms. The van der Waals surface area contributed by atoms with Gasteiger partial charge in [0.15, 0.2) is 11.5 Å². The van der Waals surface area contributed by atoms with Crippen molar-refractivity contribution >= 4 is 17.6 Å². The smallest absolute Gasteiger partial charge is 0.416 e. The Morgan fingerprint density at radius 2 is 1.93 bits per heavy atom. The summed E-state index contributed by atoms with van der Waals surface area (Å²) in [6, 6.07) is 5.12. The van der Waals surface area contributed by atoms with Crippen molar-refractivity contribution in [3.63, 3.8) is 0 Å². The van der Waals surface area contributed by atoms with Crippen molar-refractivity contribution in [1.29, 1.82) is 0 Å². The van der Waals surface area contributed by atoms with Gasteiger partial charge in [0.05, 0.1) is 23.9 Å². The maximum absolute atomic E-state index is 13.0. The van der Waals surface area contributed by atoms with E-state index in [9.17, 15) is 22.8 Å². The van der Waals surface area contributed by atoms with Gasteiger partial charge in [-0.1, -0.05) is 0 Å². The second-order valence-electron chi connectivity index (χ2n) is 5.45. The third-order valence-corrected chi connectivity index (χ3v) is 3.65. The number of methoxy groups -OCH3 is 1. The average Bonchev–Trinajstić information content (AvgIpc) is 3.21. The zero-order valence-electron chi connectivity index (χ0n) is 14.3. The monoisotopic (exact) mass is 391 g/mol. The van der Waals surface area contributed by atoms with E-state index in [1.807, 2.05) is 0 Å². The fourth-order valence-electron chi connectivity index (χ4n) is 2.28. The van der Waals surface area contributed by atoms with Crippen LogP contribution in [0.1, 0.15) is 26.4 Å². The highest BCUT2D eigenvalue weighted by atomic mass is 19.4. The molecule has 144 valence electrons. The van der Waals surface area contributed by atoms with Crippen LogP contribution in [0.5, 0.6) is 0 Å². The summed E-state index contributed by atoms with van der Waals surface area (Å²) >= 11 is 0. The van der Waals surface area contributed by atoms with Gasteiger partial charge >= 0.3 is 12.1 Å². The molecule has 0 aliphatic carbocycles. The minimum Gasteiger partial charge on any atom is -0.465 e. The van der Waals surface area contributed by atoms with Crippen molar-refractivity contribution in [2.75, 3.05) is 12.4 Å². The second kappa shape index (κ2) is 7.47. The molecule has 1 aromatic carbocycles. The predicted octanol–water partition coefficient (Wildman–Crippen LogP) is 2.72. The molecule has 0 spiro atoms. The first-order valence-corrected chi connectivity index (χ1v) is 7.72. The van der Waals surface area contributed by atoms with Crippen molar-refractivity contribution in [3.8, 4) is 5.82 Å². The number of benzene rings is 1. The van der Waals surface area contributed by atoms with Gasteiger partial charge in [0.25, 0.3) is 5.91 Å². The molecule has 0 unspecified atom stereocenters. The van der Waals surface area contributed by atoms with Gasteiger partial charge in [-0.05, 0) is 30.3 Å². The molecule has 0 fully saturated rings. The number of hydrogen-bond donors (Lipinski definition) is 1. The van der Waals surface area contributed by atoms with Crippen LogP contribution in [-0.2, 0) is 10.9 Å². The van der Waals surface area contributed by atoms with E-state index in [0.29, 0.717) is 11.9 Å². The molecule has 2 heterocycles. The maximum Gasteiger partial charge on any atom is 0.416 e. The largest absolute Gasteiger partial charge is 0.465 e. The summed E-state index contributed by atoms with van der Waals surface area (Å²) in [5.74, 6) is -1.34. The molecule has 11 heteroatoms. The van der Waals surface area contributed by atoms with E-state index in [1.54, 1.807) is 10.8 Å². The summed E-state index contributed by atoms with van der Waals surface area (Å²) in [7, 11) is 1.08. The first kappa shape index (κ1) is 19.0. The maximum atomic E-state index is 13.0. The number of carbonyl (C=O) groups excluding carboxylic acids is 2. The third kappa shape index (κ3) is 3.98. The number of alkyl halides is 3. The molecule has 0 radical (unpaired) electrons. The Bertz CT molecular complexity index is 1000. The summed E-state index contributed by atoms with van der Waals surface area (Å²) in [4.78, 5) is 28.0. The van der Waals surface area contributed by atoms with Crippen molar-refractivity contribution in [1.82, 2.24) is 19.7 Å². The molecule has 1 N–H and O–H groups in total. The Morgan fingerprint density at radius 1 is 1.14 bits per heavy atom. The molecule has 3 rings (SSSR count). The Balaban J connectivity index is 1.89.